The summed E-state index contributed by atoms with van der Waals surface area (Å²) in [6, 6.07) is 0.431. The maximum atomic E-state index is 12.1. The Morgan fingerprint density at radius 2 is 2.07 bits per heavy atom. The molecule has 0 aliphatic rings. The van der Waals surface area contributed by atoms with Crippen LogP contribution >= 0.6 is 0 Å². The van der Waals surface area contributed by atoms with E-state index in [2.05, 4.69) is 4.98 Å². The maximum Gasteiger partial charge on any atom is 0.390 e. The van der Waals surface area contributed by atoms with Gasteiger partial charge in [-0.1, -0.05) is 0 Å². The number of nitrogens with two attached hydrogens (primary N) is 2. The molecular weight excluding hydrogens is 207 g/mol. The Morgan fingerprint density at radius 1 is 1.47 bits per heavy atom. The minimum Gasteiger partial charge on any atom is -0.383 e. The Hall–Kier alpha value is -1.30. The number of anilines is 1. The van der Waals surface area contributed by atoms with Gasteiger partial charge in [0.05, 0.1) is 6.42 Å². The third kappa shape index (κ3) is 3.09. The summed E-state index contributed by atoms with van der Waals surface area (Å²) in [5, 5.41) is 0. The van der Waals surface area contributed by atoms with Crippen LogP contribution in [0.4, 0.5) is 19.0 Å². The van der Waals surface area contributed by atoms with E-state index in [-0.39, 0.29) is 11.4 Å². The summed E-state index contributed by atoms with van der Waals surface area (Å²) in [5.74, 6) is 0.0618. The molecule has 0 amide bonds. The van der Waals surface area contributed by atoms with Crippen molar-refractivity contribution in [3.05, 3.63) is 23.4 Å². The zero-order chi connectivity index (χ0) is 11.6. The molecule has 1 aromatic heterocycles. The molecule has 0 radical (unpaired) electrons. The normalized spacial score (nSPS) is 13.9. The number of rotatable bonds is 2. The van der Waals surface area contributed by atoms with Crippen LogP contribution in [0, 0.1) is 6.92 Å². The van der Waals surface area contributed by atoms with Crippen LogP contribution in [-0.4, -0.2) is 11.2 Å². The molecule has 0 fully saturated rings. The lowest BCUT2D eigenvalue weighted by atomic mass is 10.0. The summed E-state index contributed by atoms with van der Waals surface area (Å²) in [6.07, 6.45) is -3.95. The number of nitrogens with zero attached hydrogens (tertiary/aromatic N) is 1. The van der Waals surface area contributed by atoms with E-state index in [1.54, 1.807) is 13.0 Å². The molecule has 0 aliphatic carbocycles. The first-order valence-corrected chi connectivity index (χ1v) is 4.34. The van der Waals surface area contributed by atoms with Gasteiger partial charge in [0.2, 0.25) is 0 Å². The summed E-state index contributed by atoms with van der Waals surface area (Å²) in [5.41, 5.74) is 11.8. The smallest absolute Gasteiger partial charge is 0.383 e. The van der Waals surface area contributed by atoms with E-state index in [0.717, 1.165) is 0 Å². The van der Waals surface area contributed by atoms with Crippen LogP contribution < -0.4 is 11.5 Å². The topological polar surface area (TPSA) is 64.9 Å². The van der Waals surface area contributed by atoms with E-state index < -0.39 is 18.6 Å². The van der Waals surface area contributed by atoms with Gasteiger partial charge in [0.1, 0.15) is 5.82 Å². The number of aryl methyl sites for hydroxylation is 1. The highest BCUT2D eigenvalue weighted by atomic mass is 19.4. The quantitative estimate of drug-likeness (QED) is 0.798. The summed E-state index contributed by atoms with van der Waals surface area (Å²) >= 11 is 0. The highest BCUT2D eigenvalue weighted by Gasteiger charge is 2.32. The van der Waals surface area contributed by atoms with Crippen molar-refractivity contribution in [1.82, 2.24) is 4.98 Å². The third-order valence-corrected chi connectivity index (χ3v) is 2.06. The second-order valence-electron chi connectivity index (χ2n) is 3.35. The minimum absolute atomic E-state index is 0.0618. The van der Waals surface area contributed by atoms with Crippen LogP contribution in [0.2, 0.25) is 0 Å². The molecule has 1 rings (SSSR count). The van der Waals surface area contributed by atoms with Crippen LogP contribution in [0.1, 0.15) is 23.6 Å². The van der Waals surface area contributed by atoms with Crippen LogP contribution in [0.5, 0.6) is 0 Å². The number of alkyl halides is 3. The summed E-state index contributed by atoms with van der Waals surface area (Å²) < 4.78 is 36.3. The number of hydrogen-bond acceptors (Lipinski definition) is 3. The van der Waals surface area contributed by atoms with Crippen LogP contribution in [0.15, 0.2) is 12.3 Å². The first-order valence-electron chi connectivity index (χ1n) is 4.34. The molecule has 6 heteroatoms. The lowest BCUT2D eigenvalue weighted by Gasteiger charge is -2.17. The van der Waals surface area contributed by atoms with Crippen molar-refractivity contribution in [2.75, 3.05) is 5.73 Å². The number of halogens is 3. The van der Waals surface area contributed by atoms with E-state index in [9.17, 15) is 13.2 Å². The molecule has 0 aromatic carbocycles. The molecule has 84 valence electrons. The van der Waals surface area contributed by atoms with E-state index >= 15 is 0 Å². The van der Waals surface area contributed by atoms with Gasteiger partial charge in [-0.05, 0) is 18.6 Å². The van der Waals surface area contributed by atoms with Crippen molar-refractivity contribution < 1.29 is 13.2 Å². The lowest BCUT2D eigenvalue weighted by Crippen LogP contribution is -2.22. The molecule has 0 spiro atoms. The average Bonchev–Trinajstić information content (AvgIpc) is 1.99. The first-order chi connectivity index (χ1) is 6.81. The van der Waals surface area contributed by atoms with Crippen LogP contribution in [0.25, 0.3) is 0 Å². The van der Waals surface area contributed by atoms with Crippen molar-refractivity contribution in [2.24, 2.45) is 5.73 Å². The third-order valence-electron chi connectivity index (χ3n) is 2.06. The van der Waals surface area contributed by atoms with Crippen molar-refractivity contribution in [1.29, 1.82) is 0 Å². The number of nitrogen functional groups attached to an aromatic ring is 1. The summed E-state index contributed by atoms with van der Waals surface area (Å²) in [4.78, 5) is 3.72. The maximum absolute atomic E-state index is 12.1. The van der Waals surface area contributed by atoms with Crippen LogP contribution in [-0.2, 0) is 0 Å². The van der Waals surface area contributed by atoms with Gasteiger partial charge in [-0.25, -0.2) is 4.98 Å². The molecule has 0 saturated carbocycles. The van der Waals surface area contributed by atoms with Gasteiger partial charge >= 0.3 is 6.18 Å². The van der Waals surface area contributed by atoms with Crippen molar-refractivity contribution in [3.8, 4) is 0 Å². The molecule has 0 bridgehead atoms. The number of hydrogen-bond donors (Lipinski definition) is 2. The van der Waals surface area contributed by atoms with Gasteiger partial charge in [-0.3, -0.25) is 0 Å². The van der Waals surface area contributed by atoms with E-state index in [4.69, 9.17) is 11.5 Å². The Labute approximate surface area is 85.3 Å². The van der Waals surface area contributed by atoms with E-state index in [1.807, 2.05) is 0 Å². The zero-order valence-corrected chi connectivity index (χ0v) is 8.17. The molecule has 1 unspecified atom stereocenters. The molecule has 4 N–H and O–H groups in total. The first kappa shape index (κ1) is 11.8. The van der Waals surface area contributed by atoms with Gasteiger partial charge in [-0.15, -0.1) is 0 Å². The SMILES string of the molecule is Cc1ccnc(N)c1C(N)CC(F)(F)F. The highest BCUT2D eigenvalue weighted by Crippen LogP contribution is 2.31. The average molecular weight is 219 g/mol. The Kier molecular flexibility index (Phi) is 3.18. The van der Waals surface area contributed by atoms with Crippen LogP contribution in [0.3, 0.4) is 0 Å². The number of aromatic nitrogens is 1. The standard InChI is InChI=1S/C9H12F3N3/c1-5-2-3-15-8(14)7(5)6(13)4-9(10,11)12/h2-3,6H,4,13H2,1H3,(H2,14,15). The predicted molar refractivity (Wildman–Crippen MR) is 51.0 cm³/mol. The molecule has 1 atom stereocenters. The molecule has 0 saturated heterocycles. The predicted octanol–water partition coefficient (Wildman–Crippen LogP) is 1.92. The van der Waals surface area contributed by atoms with Crippen molar-refractivity contribution >= 4 is 5.82 Å². The molecule has 3 nitrogen and oxygen atoms in total. The van der Waals surface area contributed by atoms with Gasteiger partial charge in [0.15, 0.2) is 0 Å². The molecular formula is C9H12F3N3. The summed E-state index contributed by atoms with van der Waals surface area (Å²) in [6.45, 7) is 1.66. The van der Waals surface area contributed by atoms with Crippen molar-refractivity contribution in [2.45, 2.75) is 25.6 Å². The molecule has 15 heavy (non-hydrogen) atoms. The van der Waals surface area contributed by atoms with Gasteiger partial charge in [0, 0.05) is 17.8 Å². The largest absolute Gasteiger partial charge is 0.390 e. The molecule has 1 heterocycles. The van der Waals surface area contributed by atoms with Crippen molar-refractivity contribution in [3.63, 3.8) is 0 Å². The number of pyridine rings is 1. The van der Waals surface area contributed by atoms with E-state index in [1.165, 1.54) is 6.20 Å². The lowest BCUT2D eigenvalue weighted by molar-refractivity contribution is -0.138. The summed E-state index contributed by atoms with van der Waals surface area (Å²) in [7, 11) is 0. The highest BCUT2D eigenvalue weighted by molar-refractivity contribution is 5.45. The second-order valence-corrected chi connectivity index (χ2v) is 3.35. The van der Waals surface area contributed by atoms with Gasteiger partial charge < -0.3 is 11.5 Å². The molecule has 0 aliphatic heterocycles. The Balaban J connectivity index is 2.96. The van der Waals surface area contributed by atoms with E-state index in [0.29, 0.717) is 5.56 Å². The zero-order valence-electron chi connectivity index (χ0n) is 8.17. The molecule has 1 aromatic rings. The fraction of sp³-hybridized carbons (Fsp3) is 0.444. The Bertz CT molecular complexity index is 329. The monoisotopic (exact) mass is 219 g/mol. The fourth-order valence-electron chi connectivity index (χ4n) is 1.42. The second kappa shape index (κ2) is 4.06. The Morgan fingerprint density at radius 3 is 2.53 bits per heavy atom. The van der Waals surface area contributed by atoms with Gasteiger partial charge in [0.25, 0.3) is 0 Å². The minimum atomic E-state index is -4.30. The fourth-order valence-corrected chi connectivity index (χ4v) is 1.42. The van der Waals surface area contributed by atoms with Gasteiger partial charge in [-0.2, -0.15) is 13.2 Å².